The minimum atomic E-state index is -0.402. The fourth-order valence-corrected chi connectivity index (χ4v) is 2.23. The van der Waals surface area contributed by atoms with Gasteiger partial charge in [-0.1, -0.05) is 29.3 Å². The molecule has 0 saturated heterocycles. The van der Waals surface area contributed by atoms with E-state index >= 15 is 0 Å². The van der Waals surface area contributed by atoms with E-state index in [0.29, 0.717) is 5.02 Å². The minimum absolute atomic E-state index is 0.0216. The first-order valence-electron chi connectivity index (χ1n) is 5.95. The molecule has 0 bridgehead atoms. The van der Waals surface area contributed by atoms with Gasteiger partial charge >= 0.3 is 0 Å². The first kappa shape index (κ1) is 14.2. The molecule has 0 fully saturated rings. The van der Waals surface area contributed by atoms with Crippen LogP contribution in [0, 0.1) is 12.7 Å². The molecule has 0 aliphatic heterocycles. The standard InChI is InChI=1S/C15H14Cl2FN/c1-9-7-12(16)4-6-15(9)19-10(2)11-3-5-13(17)14(18)8-11/h3-8,10,19H,1-2H3. The summed E-state index contributed by atoms with van der Waals surface area (Å²) in [5.74, 6) is -0.402. The number of nitrogens with one attached hydrogen (secondary N) is 1. The first-order valence-corrected chi connectivity index (χ1v) is 6.70. The number of halogens is 3. The maximum Gasteiger partial charge on any atom is 0.142 e. The lowest BCUT2D eigenvalue weighted by molar-refractivity contribution is 0.624. The topological polar surface area (TPSA) is 12.0 Å². The number of hydrogen-bond donors (Lipinski definition) is 1. The van der Waals surface area contributed by atoms with Crippen molar-refractivity contribution in [2.75, 3.05) is 5.32 Å². The normalized spacial score (nSPS) is 12.3. The Balaban J connectivity index is 2.20. The van der Waals surface area contributed by atoms with Crippen LogP contribution in [-0.2, 0) is 0 Å². The van der Waals surface area contributed by atoms with Crippen molar-refractivity contribution < 1.29 is 4.39 Å². The van der Waals surface area contributed by atoms with Crippen molar-refractivity contribution in [2.24, 2.45) is 0 Å². The fourth-order valence-electron chi connectivity index (χ4n) is 1.89. The zero-order chi connectivity index (χ0) is 14.0. The molecule has 4 heteroatoms. The van der Waals surface area contributed by atoms with E-state index in [9.17, 15) is 4.39 Å². The maximum absolute atomic E-state index is 13.4. The molecule has 0 heterocycles. The highest BCUT2D eigenvalue weighted by atomic mass is 35.5. The van der Waals surface area contributed by atoms with E-state index in [4.69, 9.17) is 23.2 Å². The van der Waals surface area contributed by atoms with Gasteiger partial charge in [0.1, 0.15) is 5.82 Å². The minimum Gasteiger partial charge on any atom is -0.378 e. The molecule has 0 aliphatic carbocycles. The average Bonchev–Trinajstić information content (AvgIpc) is 2.36. The molecule has 0 amide bonds. The molecule has 0 aliphatic rings. The molecular formula is C15H14Cl2FN. The Morgan fingerprint density at radius 3 is 2.47 bits per heavy atom. The Morgan fingerprint density at radius 1 is 1.11 bits per heavy atom. The third kappa shape index (κ3) is 3.40. The molecule has 0 saturated carbocycles. The third-order valence-electron chi connectivity index (χ3n) is 3.00. The van der Waals surface area contributed by atoms with Crippen molar-refractivity contribution in [3.05, 3.63) is 63.4 Å². The second-order valence-electron chi connectivity index (χ2n) is 4.50. The third-order valence-corrected chi connectivity index (χ3v) is 3.55. The van der Waals surface area contributed by atoms with Crippen molar-refractivity contribution in [3.8, 4) is 0 Å². The first-order chi connectivity index (χ1) is 8.97. The Morgan fingerprint density at radius 2 is 1.84 bits per heavy atom. The SMILES string of the molecule is Cc1cc(Cl)ccc1NC(C)c1ccc(Cl)c(F)c1. The molecule has 1 nitrogen and oxygen atoms in total. The van der Waals surface area contributed by atoms with Gasteiger partial charge in [0, 0.05) is 16.8 Å². The Kier molecular flexibility index (Phi) is 4.33. The van der Waals surface area contributed by atoms with E-state index in [0.717, 1.165) is 16.8 Å². The van der Waals surface area contributed by atoms with Gasteiger partial charge in [0.2, 0.25) is 0 Å². The van der Waals surface area contributed by atoms with Gasteiger partial charge in [-0.25, -0.2) is 4.39 Å². The van der Waals surface area contributed by atoms with E-state index in [2.05, 4.69) is 5.32 Å². The van der Waals surface area contributed by atoms with Crippen LogP contribution in [0.2, 0.25) is 10.0 Å². The van der Waals surface area contributed by atoms with E-state index in [1.54, 1.807) is 6.07 Å². The van der Waals surface area contributed by atoms with Crippen LogP contribution in [0.5, 0.6) is 0 Å². The summed E-state index contributed by atoms with van der Waals surface area (Å²) in [5.41, 5.74) is 2.87. The van der Waals surface area contributed by atoms with Gasteiger partial charge in [0.05, 0.1) is 5.02 Å². The number of benzene rings is 2. The summed E-state index contributed by atoms with van der Waals surface area (Å²) >= 11 is 11.6. The van der Waals surface area contributed by atoms with Crippen molar-refractivity contribution in [1.82, 2.24) is 0 Å². The summed E-state index contributed by atoms with van der Waals surface area (Å²) in [7, 11) is 0. The van der Waals surface area contributed by atoms with Crippen LogP contribution in [0.3, 0.4) is 0 Å². The Bertz CT molecular complexity index is 599. The van der Waals surface area contributed by atoms with Crippen LogP contribution < -0.4 is 5.32 Å². The van der Waals surface area contributed by atoms with Gasteiger partial charge in [-0.3, -0.25) is 0 Å². The number of rotatable bonds is 3. The van der Waals surface area contributed by atoms with Crippen molar-refractivity contribution in [2.45, 2.75) is 19.9 Å². The van der Waals surface area contributed by atoms with Crippen LogP contribution in [-0.4, -0.2) is 0 Å². The summed E-state index contributed by atoms with van der Waals surface area (Å²) in [4.78, 5) is 0. The van der Waals surface area contributed by atoms with Crippen molar-refractivity contribution in [1.29, 1.82) is 0 Å². The summed E-state index contributed by atoms with van der Waals surface area (Å²) in [5, 5.41) is 4.17. The fraction of sp³-hybridized carbons (Fsp3) is 0.200. The van der Waals surface area contributed by atoms with Crippen LogP contribution in [0.25, 0.3) is 0 Å². The molecule has 1 unspecified atom stereocenters. The Labute approximate surface area is 122 Å². The van der Waals surface area contributed by atoms with E-state index in [1.807, 2.05) is 38.1 Å². The molecule has 0 radical (unpaired) electrons. The quantitative estimate of drug-likeness (QED) is 0.776. The van der Waals surface area contributed by atoms with Crippen molar-refractivity contribution in [3.63, 3.8) is 0 Å². The zero-order valence-corrected chi connectivity index (χ0v) is 12.2. The van der Waals surface area contributed by atoms with Crippen LogP contribution in [0.1, 0.15) is 24.1 Å². The molecule has 1 atom stereocenters. The number of anilines is 1. The smallest absolute Gasteiger partial charge is 0.142 e. The van der Waals surface area contributed by atoms with Gasteiger partial charge in [0.15, 0.2) is 0 Å². The Hall–Kier alpha value is -1.25. The lowest BCUT2D eigenvalue weighted by Gasteiger charge is -2.18. The van der Waals surface area contributed by atoms with E-state index < -0.39 is 5.82 Å². The van der Waals surface area contributed by atoms with Gasteiger partial charge in [-0.15, -0.1) is 0 Å². The van der Waals surface area contributed by atoms with Crippen LogP contribution in [0.15, 0.2) is 36.4 Å². The predicted octanol–water partition coefficient (Wildman–Crippen LogP) is 5.61. The molecule has 0 spiro atoms. The molecule has 19 heavy (non-hydrogen) atoms. The molecule has 2 aromatic carbocycles. The molecule has 0 aromatic heterocycles. The molecular weight excluding hydrogens is 284 g/mol. The monoisotopic (exact) mass is 297 g/mol. The van der Waals surface area contributed by atoms with Crippen LogP contribution in [0.4, 0.5) is 10.1 Å². The largest absolute Gasteiger partial charge is 0.378 e. The molecule has 100 valence electrons. The highest BCUT2D eigenvalue weighted by Gasteiger charge is 2.09. The molecule has 2 aromatic rings. The van der Waals surface area contributed by atoms with Gasteiger partial charge in [0.25, 0.3) is 0 Å². The second-order valence-corrected chi connectivity index (χ2v) is 5.34. The van der Waals surface area contributed by atoms with E-state index in [-0.39, 0.29) is 11.1 Å². The van der Waals surface area contributed by atoms with Gasteiger partial charge in [-0.2, -0.15) is 0 Å². The average molecular weight is 298 g/mol. The van der Waals surface area contributed by atoms with Crippen LogP contribution >= 0.6 is 23.2 Å². The maximum atomic E-state index is 13.4. The summed E-state index contributed by atoms with van der Waals surface area (Å²) < 4.78 is 13.4. The van der Waals surface area contributed by atoms with Crippen molar-refractivity contribution >= 4 is 28.9 Å². The second kappa shape index (κ2) is 5.81. The predicted molar refractivity (Wildman–Crippen MR) is 79.6 cm³/mol. The molecule has 1 N–H and O–H groups in total. The lowest BCUT2D eigenvalue weighted by Crippen LogP contribution is -2.08. The molecule has 2 rings (SSSR count). The summed E-state index contributed by atoms with van der Waals surface area (Å²) in [6.45, 7) is 3.94. The highest BCUT2D eigenvalue weighted by Crippen LogP contribution is 2.26. The van der Waals surface area contributed by atoms with E-state index in [1.165, 1.54) is 6.07 Å². The highest BCUT2D eigenvalue weighted by molar-refractivity contribution is 6.31. The lowest BCUT2D eigenvalue weighted by atomic mass is 10.1. The summed E-state index contributed by atoms with van der Waals surface area (Å²) in [6.07, 6.45) is 0. The summed E-state index contributed by atoms with van der Waals surface area (Å²) in [6, 6.07) is 10.4. The number of hydrogen-bond acceptors (Lipinski definition) is 1. The zero-order valence-electron chi connectivity index (χ0n) is 10.7. The van der Waals surface area contributed by atoms with Gasteiger partial charge in [-0.05, 0) is 55.3 Å². The number of aryl methyl sites for hydroxylation is 1. The van der Waals surface area contributed by atoms with Gasteiger partial charge < -0.3 is 5.32 Å².